The lowest BCUT2D eigenvalue weighted by molar-refractivity contribution is 0.0224. The average Bonchev–Trinajstić information content (AvgIpc) is 3.05. The van der Waals surface area contributed by atoms with Gasteiger partial charge in [0.05, 0.1) is 26.4 Å². The number of hydrogen-bond acceptors (Lipinski definition) is 4. The van der Waals surface area contributed by atoms with Crippen LogP contribution in [0.1, 0.15) is 0 Å². The first-order valence-corrected chi connectivity index (χ1v) is 8.53. The molecule has 1 aliphatic heterocycles. The Labute approximate surface area is 146 Å². The third kappa shape index (κ3) is 3.78. The van der Waals surface area contributed by atoms with Crippen molar-refractivity contribution in [2.45, 2.75) is 0 Å². The third-order valence-electron chi connectivity index (χ3n) is 4.11. The summed E-state index contributed by atoms with van der Waals surface area (Å²) >= 11 is 0. The molecule has 1 aliphatic rings. The Kier molecular flexibility index (Phi) is 4.86. The van der Waals surface area contributed by atoms with Gasteiger partial charge in [-0.3, -0.25) is 0 Å². The first-order valence-electron chi connectivity index (χ1n) is 8.53. The van der Waals surface area contributed by atoms with Crippen LogP contribution in [0.15, 0.2) is 48.5 Å². The molecule has 0 radical (unpaired) electrons. The van der Waals surface area contributed by atoms with E-state index >= 15 is 0 Å². The van der Waals surface area contributed by atoms with E-state index in [1.807, 2.05) is 30.3 Å². The van der Waals surface area contributed by atoms with Crippen LogP contribution in [-0.4, -0.2) is 44.6 Å². The van der Waals surface area contributed by atoms with Crippen LogP contribution in [-0.2, 0) is 9.47 Å². The van der Waals surface area contributed by atoms with Crippen molar-refractivity contribution in [1.29, 1.82) is 0 Å². The minimum Gasteiger partial charge on any atom is -0.487 e. The number of benzene rings is 2. The SMILES string of the molecule is c1ccc(-c2cc3cc4c(cc3[nH]2)OCCOCCOCCO4)cc1. The highest BCUT2D eigenvalue weighted by atomic mass is 16.6. The average molecular weight is 339 g/mol. The van der Waals surface area contributed by atoms with E-state index in [-0.39, 0.29) is 0 Å². The maximum atomic E-state index is 5.88. The number of H-pyrrole nitrogens is 1. The van der Waals surface area contributed by atoms with Gasteiger partial charge in [-0.15, -0.1) is 0 Å². The molecule has 4 rings (SSSR count). The van der Waals surface area contributed by atoms with Gasteiger partial charge in [-0.2, -0.15) is 0 Å². The fourth-order valence-corrected chi connectivity index (χ4v) is 2.88. The van der Waals surface area contributed by atoms with E-state index in [0.29, 0.717) is 39.6 Å². The van der Waals surface area contributed by atoms with Crippen molar-refractivity contribution in [2.75, 3.05) is 39.6 Å². The van der Waals surface area contributed by atoms with E-state index in [0.717, 1.165) is 33.7 Å². The Morgan fingerprint density at radius 3 is 2.04 bits per heavy atom. The molecule has 0 aliphatic carbocycles. The van der Waals surface area contributed by atoms with Crippen molar-refractivity contribution < 1.29 is 18.9 Å². The second-order valence-corrected chi connectivity index (χ2v) is 5.86. The highest BCUT2D eigenvalue weighted by Crippen LogP contribution is 2.34. The van der Waals surface area contributed by atoms with E-state index in [2.05, 4.69) is 23.2 Å². The molecule has 0 amide bonds. The molecule has 0 atom stereocenters. The monoisotopic (exact) mass is 339 g/mol. The first-order chi connectivity index (χ1) is 12.4. The van der Waals surface area contributed by atoms with Gasteiger partial charge in [-0.1, -0.05) is 30.3 Å². The van der Waals surface area contributed by atoms with Crippen molar-refractivity contribution >= 4 is 10.9 Å². The van der Waals surface area contributed by atoms with Gasteiger partial charge < -0.3 is 23.9 Å². The normalized spacial score (nSPS) is 16.2. The fourth-order valence-electron chi connectivity index (χ4n) is 2.88. The molecule has 0 saturated heterocycles. The summed E-state index contributed by atoms with van der Waals surface area (Å²) in [6.45, 7) is 3.18. The molecular formula is C20H21NO4. The summed E-state index contributed by atoms with van der Waals surface area (Å²) in [5, 5.41) is 1.09. The second-order valence-electron chi connectivity index (χ2n) is 5.86. The maximum Gasteiger partial charge on any atom is 0.163 e. The lowest BCUT2D eigenvalue weighted by atomic mass is 10.1. The molecule has 1 aromatic heterocycles. The van der Waals surface area contributed by atoms with Crippen LogP contribution in [0.3, 0.4) is 0 Å². The molecule has 0 unspecified atom stereocenters. The lowest BCUT2D eigenvalue weighted by Crippen LogP contribution is -2.15. The maximum absolute atomic E-state index is 5.88. The molecule has 0 saturated carbocycles. The van der Waals surface area contributed by atoms with Gasteiger partial charge in [0.25, 0.3) is 0 Å². The molecule has 2 heterocycles. The van der Waals surface area contributed by atoms with E-state index in [1.54, 1.807) is 0 Å². The van der Waals surface area contributed by atoms with E-state index in [1.165, 1.54) is 0 Å². The summed E-state index contributed by atoms with van der Waals surface area (Å²) in [5.41, 5.74) is 3.24. The topological polar surface area (TPSA) is 52.7 Å². The Morgan fingerprint density at radius 2 is 1.32 bits per heavy atom. The predicted octanol–water partition coefficient (Wildman–Crippen LogP) is 3.64. The van der Waals surface area contributed by atoms with Crippen LogP contribution in [0.2, 0.25) is 0 Å². The Bertz CT molecular complexity index is 779. The number of hydrogen-bond donors (Lipinski definition) is 1. The van der Waals surface area contributed by atoms with Gasteiger partial charge in [0.2, 0.25) is 0 Å². The van der Waals surface area contributed by atoms with E-state index in [9.17, 15) is 0 Å². The zero-order valence-corrected chi connectivity index (χ0v) is 14.0. The molecule has 2 aromatic carbocycles. The van der Waals surface area contributed by atoms with Crippen LogP contribution < -0.4 is 9.47 Å². The van der Waals surface area contributed by atoms with Gasteiger partial charge in [-0.05, 0) is 17.7 Å². The Balaban J connectivity index is 1.66. The molecule has 130 valence electrons. The van der Waals surface area contributed by atoms with Crippen LogP contribution in [0.5, 0.6) is 11.5 Å². The molecule has 1 N–H and O–H groups in total. The molecule has 0 bridgehead atoms. The first kappa shape index (κ1) is 16.0. The molecule has 5 heteroatoms. The van der Waals surface area contributed by atoms with Crippen molar-refractivity contribution in [3.63, 3.8) is 0 Å². The van der Waals surface area contributed by atoms with Crippen LogP contribution in [0.25, 0.3) is 22.2 Å². The Morgan fingerprint density at radius 1 is 0.680 bits per heavy atom. The number of fused-ring (bicyclic) bond motifs is 2. The van der Waals surface area contributed by atoms with Crippen molar-refractivity contribution in [3.05, 3.63) is 48.5 Å². The zero-order valence-electron chi connectivity index (χ0n) is 14.0. The number of aromatic amines is 1. The highest BCUT2D eigenvalue weighted by molar-refractivity contribution is 5.88. The number of nitrogens with one attached hydrogen (secondary N) is 1. The van der Waals surface area contributed by atoms with Crippen LogP contribution in [0.4, 0.5) is 0 Å². The smallest absolute Gasteiger partial charge is 0.163 e. The van der Waals surface area contributed by atoms with Gasteiger partial charge >= 0.3 is 0 Å². The van der Waals surface area contributed by atoms with Crippen LogP contribution >= 0.6 is 0 Å². The minimum atomic E-state index is 0.480. The van der Waals surface area contributed by atoms with E-state index in [4.69, 9.17) is 18.9 Å². The summed E-state index contributed by atoms with van der Waals surface area (Å²) in [6, 6.07) is 16.4. The quantitative estimate of drug-likeness (QED) is 0.735. The van der Waals surface area contributed by atoms with Gasteiger partial charge in [0.1, 0.15) is 13.2 Å². The van der Waals surface area contributed by atoms with Gasteiger partial charge in [0, 0.05) is 22.7 Å². The summed E-state index contributed by atoms with van der Waals surface area (Å²) in [5.74, 6) is 1.45. The standard InChI is InChI=1S/C20H21NO4/c1-2-4-15(5-3-1)17-12-16-13-19-20(14-18(16)21-17)25-11-9-23-7-6-22-8-10-24-19/h1-5,12-14,21H,6-11H2. The Hall–Kier alpha value is -2.50. The molecule has 0 spiro atoms. The summed E-state index contributed by atoms with van der Waals surface area (Å²) in [6.07, 6.45) is 0. The summed E-state index contributed by atoms with van der Waals surface area (Å²) in [7, 11) is 0. The lowest BCUT2D eigenvalue weighted by Gasteiger charge is -2.15. The van der Waals surface area contributed by atoms with Crippen molar-refractivity contribution in [1.82, 2.24) is 4.98 Å². The highest BCUT2D eigenvalue weighted by Gasteiger charge is 2.12. The zero-order chi connectivity index (χ0) is 16.9. The molecule has 5 nitrogen and oxygen atoms in total. The molecular weight excluding hydrogens is 318 g/mol. The second kappa shape index (κ2) is 7.59. The van der Waals surface area contributed by atoms with E-state index < -0.39 is 0 Å². The fraction of sp³-hybridized carbons (Fsp3) is 0.300. The van der Waals surface area contributed by atoms with Gasteiger partial charge in [0.15, 0.2) is 11.5 Å². The van der Waals surface area contributed by atoms with Crippen molar-refractivity contribution in [3.8, 4) is 22.8 Å². The summed E-state index contributed by atoms with van der Waals surface area (Å²) < 4.78 is 22.7. The van der Waals surface area contributed by atoms with Crippen LogP contribution in [0, 0.1) is 0 Å². The number of aromatic nitrogens is 1. The minimum absolute atomic E-state index is 0.480. The molecule has 25 heavy (non-hydrogen) atoms. The third-order valence-corrected chi connectivity index (χ3v) is 4.11. The molecule has 3 aromatic rings. The molecule has 0 fully saturated rings. The summed E-state index contributed by atoms with van der Waals surface area (Å²) in [4.78, 5) is 3.46. The predicted molar refractivity (Wildman–Crippen MR) is 96.4 cm³/mol. The van der Waals surface area contributed by atoms with Crippen molar-refractivity contribution in [2.24, 2.45) is 0 Å². The number of ether oxygens (including phenoxy) is 4. The largest absolute Gasteiger partial charge is 0.487 e. The number of rotatable bonds is 1. The van der Waals surface area contributed by atoms with Gasteiger partial charge in [-0.25, -0.2) is 0 Å².